The van der Waals surface area contributed by atoms with E-state index in [0.717, 1.165) is 24.8 Å². The maximum atomic E-state index is 13.7. The van der Waals surface area contributed by atoms with Gasteiger partial charge in [0.1, 0.15) is 0 Å². The summed E-state index contributed by atoms with van der Waals surface area (Å²) in [4.78, 5) is 30.3. The molecule has 33 heavy (non-hydrogen) atoms. The monoisotopic (exact) mass is 474 g/mol. The summed E-state index contributed by atoms with van der Waals surface area (Å²) in [5.74, 6) is -2.30. The van der Waals surface area contributed by atoms with Crippen LogP contribution in [0.15, 0.2) is 40.6 Å². The zero-order valence-electron chi connectivity index (χ0n) is 18.4. The number of carbonyl (C=O) groups excluding carboxylic acids is 1. The van der Waals surface area contributed by atoms with Crippen molar-refractivity contribution in [1.82, 2.24) is 18.4 Å². The molecule has 1 aliphatic carbocycles. The highest BCUT2D eigenvalue weighted by Gasteiger charge is 2.60. The van der Waals surface area contributed by atoms with E-state index >= 15 is 0 Å². The average molecular weight is 475 g/mol. The van der Waals surface area contributed by atoms with Gasteiger partial charge >= 0.3 is 5.97 Å². The first-order valence-corrected chi connectivity index (χ1v) is 12.4. The Morgan fingerprint density at radius 3 is 2.73 bits per heavy atom. The van der Waals surface area contributed by atoms with Crippen molar-refractivity contribution in [3.8, 4) is 0 Å². The predicted molar refractivity (Wildman–Crippen MR) is 117 cm³/mol. The smallest absolute Gasteiger partial charge is 0.311 e. The molecule has 2 bridgehead atoms. The zero-order valence-corrected chi connectivity index (χ0v) is 19.2. The number of aryl methyl sites for hydroxylation is 1. The second kappa shape index (κ2) is 7.93. The Hall–Kier alpha value is -2.76. The van der Waals surface area contributed by atoms with Crippen LogP contribution >= 0.6 is 0 Å². The van der Waals surface area contributed by atoms with E-state index in [4.69, 9.17) is 4.74 Å². The number of nitrogens with zero attached hydrogens (tertiary/aromatic N) is 4. The van der Waals surface area contributed by atoms with Gasteiger partial charge in [-0.15, -0.1) is 0 Å². The number of rotatable bonds is 5. The molecule has 2 aromatic rings. The number of methoxy groups -OCH3 is 1. The van der Waals surface area contributed by atoms with Crippen LogP contribution < -0.4 is 5.56 Å². The van der Waals surface area contributed by atoms with Crippen molar-refractivity contribution in [2.45, 2.75) is 42.9 Å². The highest BCUT2D eigenvalue weighted by Crippen LogP contribution is 2.51. The third kappa shape index (κ3) is 3.21. The standard InChI is InChI=1S/C22H26N4O6S/c1-24-10-18(23-12-24)33(30,31)26-17-9-25-16(20(26)19(15(17)11-27)22(29)32-2)8-7-14(21(25)28)13-5-3-4-6-13/h5,7-8,10,12,15,17,19-20,27H,3-4,6,9,11H2,1-2H3/t15-,17-,19+,20+/m0/s1. The quantitative estimate of drug-likeness (QED) is 0.632. The third-order valence-electron chi connectivity index (χ3n) is 7.07. The molecule has 0 saturated carbocycles. The van der Waals surface area contributed by atoms with Gasteiger partial charge in [-0.3, -0.25) is 9.59 Å². The maximum absolute atomic E-state index is 13.7. The van der Waals surface area contributed by atoms with Gasteiger partial charge < -0.3 is 19.0 Å². The molecule has 0 spiro atoms. The Balaban J connectivity index is 1.70. The van der Waals surface area contributed by atoms with Crippen LogP contribution in [0.4, 0.5) is 0 Å². The Bertz CT molecular complexity index is 1310. The number of hydrogen-bond donors (Lipinski definition) is 1. The molecule has 1 fully saturated rings. The normalized spacial score (nSPS) is 26.8. The fraction of sp³-hybridized carbons (Fsp3) is 0.500. The van der Waals surface area contributed by atoms with Gasteiger partial charge in [0.2, 0.25) is 0 Å². The van der Waals surface area contributed by atoms with E-state index in [0.29, 0.717) is 11.3 Å². The van der Waals surface area contributed by atoms with Gasteiger partial charge in [-0.05, 0) is 37.0 Å². The SMILES string of the molecule is COC(=O)[C@@H]1[C@@H](CO)[C@@H]2Cn3c(ccc(C4=CCCC4)c3=O)[C@H]1N2S(=O)(=O)c1cn(C)cn1. The number of pyridine rings is 1. The van der Waals surface area contributed by atoms with Crippen molar-refractivity contribution < 1.29 is 23.1 Å². The Kier molecular flexibility index (Phi) is 5.30. The van der Waals surface area contributed by atoms with Gasteiger partial charge in [0.15, 0.2) is 5.03 Å². The first-order valence-electron chi connectivity index (χ1n) is 10.9. The van der Waals surface area contributed by atoms with E-state index < -0.39 is 46.5 Å². The molecule has 176 valence electrons. The van der Waals surface area contributed by atoms with E-state index in [1.165, 1.54) is 28.5 Å². The Labute approximate surface area is 191 Å². The summed E-state index contributed by atoms with van der Waals surface area (Å²) >= 11 is 0. The second-order valence-electron chi connectivity index (χ2n) is 8.83. The summed E-state index contributed by atoms with van der Waals surface area (Å²) < 4.78 is 36.7. The minimum atomic E-state index is -4.12. The minimum Gasteiger partial charge on any atom is -0.469 e. The number of aromatic nitrogens is 3. The van der Waals surface area contributed by atoms with Crippen LogP contribution in [0.1, 0.15) is 36.6 Å². The van der Waals surface area contributed by atoms with E-state index in [9.17, 15) is 23.1 Å². The summed E-state index contributed by atoms with van der Waals surface area (Å²) in [6, 6.07) is 1.67. The number of esters is 1. The van der Waals surface area contributed by atoms with Gasteiger partial charge in [-0.1, -0.05) is 6.08 Å². The first-order chi connectivity index (χ1) is 15.8. The van der Waals surface area contributed by atoms with Crippen LogP contribution in [0, 0.1) is 11.8 Å². The number of aliphatic hydroxyl groups excluding tert-OH is 1. The highest BCUT2D eigenvalue weighted by molar-refractivity contribution is 7.89. The first kappa shape index (κ1) is 22.1. The number of ether oxygens (including phenoxy) is 1. The second-order valence-corrected chi connectivity index (χ2v) is 10.6. The molecule has 0 amide bonds. The largest absolute Gasteiger partial charge is 0.469 e. The van der Waals surface area contributed by atoms with Crippen LogP contribution in [0.3, 0.4) is 0 Å². The number of fused-ring (bicyclic) bond motifs is 4. The Morgan fingerprint density at radius 2 is 2.12 bits per heavy atom. The molecule has 11 heteroatoms. The van der Waals surface area contributed by atoms with Crippen molar-refractivity contribution in [1.29, 1.82) is 0 Å². The fourth-order valence-corrected chi connectivity index (χ4v) is 7.39. The van der Waals surface area contributed by atoms with E-state index in [1.54, 1.807) is 23.7 Å². The topological polar surface area (TPSA) is 124 Å². The van der Waals surface area contributed by atoms with Crippen LogP contribution in [-0.2, 0) is 33.1 Å². The van der Waals surface area contributed by atoms with E-state index in [1.807, 2.05) is 0 Å². The molecule has 5 rings (SSSR count). The lowest BCUT2D eigenvalue weighted by Gasteiger charge is -2.36. The number of hydrogen-bond acceptors (Lipinski definition) is 7. The van der Waals surface area contributed by atoms with Crippen molar-refractivity contribution in [3.63, 3.8) is 0 Å². The molecule has 3 aliphatic rings. The third-order valence-corrected chi connectivity index (χ3v) is 8.86. The summed E-state index contributed by atoms with van der Waals surface area (Å²) in [5.41, 5.74) is 1.82. The molecule has 1 saturated heterocycles. The summed E-state index contributed by atoms with van der Waals surface area (Å²) in [6.07, 6.45) is 7.59. The van der Waals surface area contributed by atoms with Crippen molar-refractivity contribution in [3.05, 3.63) is 52.3 Å². The van der Waals surface area contributed by atoms with E-state index in [2.05, 4.69) is 11.1 Å². The number of allylic oxidation sites excluding steroid dienone is 2. The zero-order chi connectivity index (χ0) is 23.5. The molecule has 4 atom stereocenters. The van der Waals surface area contributed by atoms with Crippen LogP contribution in [0.5, 0.6) is 0 Å². The molecule has 10 nitrogen and oxygen atoms in total. The molecule has 0 aromatic carbocycles. The van der Waals surface area contributed by atoms with Crippen LogP contribution in [0.25, 0.3) is 5.57 Å². The Morgan fingerprint density at radius 1 is 1.33 bits per heavy atom. The fourth-order valence-electron chi connectivity index (χ4n) is 5.58. The van der Waals surface area contributed by atoms with Gasteiger partial charge in [-0.25, -0.2) is 13.4 Å². The lowest BCUT2D eigenvalue weighted by atomic mass is 9.87. The summed E-state index contributed by atoms with van der Waals surface area (Å²) in [7, 11) is -1.22. The van der Waals surface area contributed by atoms with Crippen molar-refractivity contribution >= 4 is 21.6 Å². The van der Waals surface area contributed by atoms with Crippen molar-refractivity contribution in [2.75, 3.05) is 13.7 Å². The van der Waals surface area contributed by atoms with Gasteiger partial charge in [-0.2, -0.15) is 4.31 Å². The number of imidazole rings is 1. The molecule has 0 unspecified atom stereocenters. The van der Waals surface area contributed by atoms with Crippen molar-refractivity contribution in [2.24, 2.45) is 18.9 Å². The lowest BCUT2D eigenvalue weighted by molar-refractivity contribution is -0.148. The number of carbonyl (C=O) groups is 1. The van der Waals surface area contributed by atoms with Gasteiger partial charge in [0.25, 0.3) is 15.6 Å². The average Bonchev–Trinajstić information content (AvgIpc) is 3.52. The minimum absolute atomic E-state index is 0.0383. The summed E-state index contributed by atoms with van der Waals surface area (Å²) in [5, 5.41) is 10.1. The predicted octanol–water partition coefficient (Wildman–Crippen LogP) is 0.675. The van der Waals surface area contributed by atoms with Gasteiger partial charge in [0.05, 0.1) is 25.4 Å². The molecule has 1 N–H and O–H groups in total. The molecule has 4 heterocycles. The highest BCUT2D eigenvalue weighted by atomic mass is 32.2. The molecule has 2 aromatic heterocycles. The number of sulfonamides is 1. The van der Waals surface area contributed by atoms with Crippen LogP contribution in [0.2, 0.25) is 0 Å². The summed E-state index contributed by atoms with van der Waals surface area (Å²) in [6.45, 7) is -0.382. The lowest BCUT2D eigenvalue weighted by Crippen LogP contribution is -2.49. The van der Waals surface area contributed by atoms with E-state index in [-0.39, 0.29) is 17.1 Å². The number of aliphatic hydroxyl groups is 1. The maximum Gasteiger partial charge on any atom is 0.311 e. The molecule has 0 radical (unpaired) electrons. The van der Waals surface area contributed by atoms with Gasteiger partial charge in [0, 0.05) is 49.6 Å². The molecule has 2 aliphatic heterocycles. The molecular weight excluding hydrogens is 448 g/mol. The van der Waals surface area contributed by atoms with Crippen LogP contribution in [-0.4, -0.2) is 57.7 Å². The molecular formula is C22H26N4O6S.